The lowest BCUT2D eigenvalue weighted by molar-refractivity contribution is -0.143. The summed E-state index contributed by atoms with van der Waals surface area (Å²) in [6.07, 6.45) is 0. The third-order valence-corrected chi connectivity index (χ3v) is 2.38. The molecule has 4 nitrogen and oxygen atoms in total. The maximum atomic E-state index is 12.0. The fourth-order valence-corrected chi connectivity index (χ4v) is 1.59. The summed E-state index contributed by atoms with van der Waals surface area (Å²) in [5.74, 6) is -0.386. The van der Waals surface area contributed by atoms with Crippen molar-refractivity contribution in [2.24, 2.45) is 0 Å². The molecule has 0 radical (unpaired) electrons. The molecular formula is C13H17F2NO3. The molecule has 0 fully saturated rings. The molecule has 0 amide bonds. The van der Waals surface area contributed by atoms with Crippen molar-refractivity contribution in [1.82, 2.24) is 5.32 Å². The number of methoxy groups -OCH3 is 1. The first-order chi connectivity index (χ1) is 8.93. The lowest BCUT2D eigenvalue weighted by Crippen LogP contribution is -2.34. The van der Waals surface area contributed by atoms with Crippen molar-refractivity contribution in [3.8, 4) is 5.75 Å². The van der Waals surface area contributed by atoms with Crippen LogP contribution in [0.15, 0.2) is 24.3 Å². The number of esters is 1. The zero-order valence-electron chi connectivity index (χ0n) is 11.0. The van der Waals surface area contributed by atoms with Gasteiger partial charge in [-0.1, -0.05) is 12.1 Å². The topological polar surface area (TPSA) is 47.6 Å². The molecule has 1 N–H and O–H groups in total. The summed E-state index contributed by atoms with van der Waals surface area (Å²) in [7, 11) is 1.30. The molecule has 1 aromatic carbocycles. The Morgan fingerprint density at radius 1 is 1.21 bits per heavy atom. The minimum atomic E-state index is -2.86. The van der Waals surface area contributed by atoms with Crippen LogP contribution < -0.4 is 10.1 Å². The Kier molecular flexibility index (Phi) is 5.69. The normalized spacial score (nSPS) is 12.6. The minimum Gasteiger partial charge on any atom is -0.468 e. The SMILES string of the molecule is COC(=O)C(NC(C)C)c1ccc(OC(F)F)cc1. The molecule has 19 heavy (non-hydrogen) atoms. The van der Waals surface area contributed by atoms with Crippen molar-refractivity contribution < 1.29 is 23.0 Å². The average molecular weight is 273 g/mol. The highest BCUT2D eigenvalue weighted by Crippen LogP contribution is 2.20. The standard InChI is InChI=1S/C13H17F2NO3/c1-8(2)16-11(12(17)18-3)9-4-6-10(7-5-9)19-13(14)15/h4-8,11,13,16H,1-3H3. The first-order valence-electron chi connectivity index (χ1n) is 5.82. The van der Waals surface area contributed by atoms with Gasteiger partial charge < -0.3 is 9.47 Å². The smallest absolute Gasteiger partial charge is 0.387 e. The van der Waals surface area contributed by atoms with Gasteiger partial charge in [-0.3, -0.25) is 5.32 Å². The van der Waals surface area contributed by atoms with Crippen LogP contribution in [0.1, 0.15) is 25.5 Å². The second kappa shape index (κ2) is 7.04. The summed E-state index contributed by atoms with van der Waals surface area (Å²) in [5, 5.41) is 3.04. The number of hydrogen-bond donors (Lipinski definition) is 1. The number of alkyl halides is 2. The van der Waals surface area contributed by atoms with Crippen LogP contribution in [0.3, 0.4) is 0 Å². The molecule has 0 aliphatic carbocycles. The lowest BCUT2D eigenvalue weighted by Gasteiger charge is -2.19. The van der Waals surface area contributed by atoms with E-state index < -0.39 is 18.6 Å². The maximum Gasteiger partial charge on any atom is 0.387 e. The van der Waals surface area contributed by atoms with Crippen LogP contribution in [0, 0.1) is 0 Å². The molecule has 1 atom stereocenters. The second-order valence-electron chi connectivity index (χ2n) is 4.23. The van der Waals surface area contributed by atoms with Crippen LogP contribution in [0.5, 0.6) is 5.75 Å². The molecule has 0 saturated carbocycles. The predicted molar refractivity (Wildman–Crippen MR) is 66.1 cm³/mol. The van der Waals surface area contributed by atoms with Gasteiger partial charge in [0, 0.05) is 6.04 Å². The average Bonchev–Trinajstić information content (AvgIpc) is 2.35. The number of carbonyl (C=O) groups is 1. The van der Waals surface area contributed by atoms with Gasteiger partial charge >= 0.3 is 12.6 Å². The van der Waals surface area contributed by atoms with Crippen LogP contribution >= 0.6 is 0 Å². The fraction of sp³-hybridized carbons (Fsp3) is 0.462. The summed E-state index contributed by atoms with van der Waals surface area (Å²) >= 11 is 0. The molecule has 106 valence electrons. The summed E-state index contributed by atoms with van der Waals surface area (Å²) in [6.45, 7) is 0.921. The molecular weight excluding hydrogens is 256 g/mol. The van der Waals surface area contributed by atoms with Crippen LogP contribution in [0.25, 0.3) is 0 Å². The first kappa shape index (κ1) is 15.4. The number of halogens is 2. The van der Waals surface area contributed by atoms with Crippen molar-refractivity contribution >= 4 is 5.97 Å². The van der Waals surface area contributed by atoms with Gasteiger partial charge in [0.15, 0.2) is 0 Å². The monoisotopic (exact) mass is 273 g/mol. The number of rotatable bonds is 6. The van der Waals surface area contributed by atoms with E-state index in [-0.39, 0.29) is 11.8 Å². The Hall–Kier alpha value is -1.69. The second-order valence-corrected chi connectivity index (χ2v) is 4.23. The quantitative estimate of drug-likeness (QED) is 0.809. The van der Waals surface area contributed by atoms with Crippen molar-refractivity contribution in [2.75, 3.05) is 7.11 Å². The van der Waals surface area contributed by atoms with Gasteiger partial charge in [-0.15, -0.1) is 0 Å². The summed E-state index contributed by atoms with van der Waals surface area (Å²) in [4.78, 5) is 11.7. The van der Waals surface area contributed by atoms with Gasteiger partial charge in [-0.2, -0.15) is 8.78 Å². The molecule has 0 aliphatic heterocycles. The van der Waals surface area contributed by atoms with E-state index in [0.717, 1.165) is 0 Å². The molecule has 1 unspecified atom stereocenters. The van der Waals surface area contributed by atoms with Gasteiger partial charge in [0.2, 0.25) is 0 Å². The highest BCUT2D eigenvalue weighted by atomic mass is 19.3. The molecule has 1 aromatic rings. The van der Waals surface area contributed by atoms with Gasteiger partial charge in [0.05, 0.1) is 7.11 Å². The first-order valence-corrected chi connectivity index (χ1v) is 5.82. The van der Waals surface area contributed by atoms with Crippen LogP contribution in [-0.2, 0) is 9.53 Å². The van der Waals surface area contributed by atoms with E-state index >= 15 is 0 Å². The van der Waals surface area contributed by atoms with Crippen LogP contribution in [-0.4, -0.2) is 25.7 Å². The van der Waals surface area contributed by atoms with Gasteiger partial charge in [0.1, 0.15) is 11.8 Å². The number of nitrogens with one attached hydrogen (secondary N) is 1. The Labute approximate surface area is 110 Å². The third-order valence-electron chi connectivity index (χ3n) is 2.38. The number of hydrogen-bond acceptors (Lipinski definition) is 4. The van der Waals surface area contributed by atoms with E-state index in [1.165, 1.54) is 19.2 Å². The number of ether oxygens (including phenoxy) is 2. The lowest BCUT2D eigenvalue weighted by atomic mass is 10.1. The van der Waals surface area contributed by atoms with Crippen molar-refractivity contribution in [2.45, 2.75) is 32.5 Å². The molecule has 0 aromatic heterocycles. The Bertz CT molecular complexity index is 407. The van der Waals surface area contributed by atoms with E-state index in [2.05, 4.69) is 10.1 Å². The maximum absolute atomic E-state index is 12.0. The molecule has 0 heterocycles. The molecule has 0 aliphatic rings. The summed E-state index contributed by atoms with van der Waals surface area (Å²) in [6, 6.07) is 5.31. The number of benzene rings is 1. The molecule has 0 saturated heterocycles. The van der Waals surface area contributed by atoms with E-state index in [9.17, 15) is 13.6 Å². The van der Waals surface area contributed by atoms with Crippen LogP contribution in [0.4, 0.5) is 8.78 Å². The Morgan fingerprint density at radius 2 is 1.79 bits per heavy atom. The highest BCUT2D eigenvalue weighted by molar-refractivity contribution is 5.77. The Balaban J connectivity index is 2.87. The largest absolute Gasteiger partial charge is 0.468 e. The van der Waals surface area contributed by atoms with Gasteiger partial charge in [-0.05, 0) is 31.5 Å². The molecule has 1 rings (SSSR count). The fourth-order valence-electron chi connectivity index (χ4n) is 1.59. The summed E-state index contributed by atoms with van der Waals surface area (Å²) in [5.41, 5.74) is 0.627. The zero-order valence-corrected chi connectivity index (χ0v) is 11.0. The van der Waals surface area contributed by atoms with Gasteiger partial charge in [0.25, 0.3) is 0 Å². The number of carbonyl (C=O) groups excluding carboxylic acids is 1. The van der Waals surface area contributed by atoms with E-state index in [0.29, 0.717) is 5.56 Å². The van der Waals surface area contributed by atoms with Crippen molar-refractivity contribution in [3.05, 3.63) is 29.8 Å². The van der Waals surface area contributed by atoms with E-state index in [1.807, 2.05) is 13.8 Å². The van der Waals surface area contributed by atoms with Crippen LogP contribution in [0.2, 0.25) is 0 Å². The van der Waals surface area contributed by atoms with E-state index in [1.54, 1.807) is 12.1 Å². The summed E-state index contributed by atoms with van der Waals surface area (Å²) < 4.78 is 33.0. The zero-order chi connectivity index (χ0) is 14.4. The van der Waals surface area contributed by atoms with Crippen molar-refractivity contribution in [1.29, 1.82) is 0 Å². The minimum absolute atomic E-state index is 0.0481. The third kappa shape index (κ3) is 4.82. The predicted octanol–water partition coefficient (Wildman–Crippen LogP) is 2.50. The molecule has 6 heteroatoms. The Morgan fingerprint density at radius 3 is 2.21 bits per heavy atom. The van der Waals surface area contributed by atoms with E-state index in [4.69, 9.17) is 4.74 Å². The van der Waals surface area contributed by atoms with Gasteiger partial charge in [-0.25, -0.2) is 4.79 Å². The van der Waals surface area contributed by atoms with Crippen molar-refractivity contribution in [3.63, 3.8) is 0 Å². The molecule has 0 spiro atoms. The molecule has 0 bridgehead atoms. The highest BCUT2D eigenvalue weighted by Gasteiger charge is 2.22.